The van der Waals surface area contributed by atoms with E-state index in [4.69, 9.17) is 18.9 Å². The minimum Gasteiger partial charge on any atom is -0.497 e. The van der Waals surface area contributed by atoms with Crippen LogP contribution in [-0.4, -0.2) is 59.2 Å². The van der Waals surface area contributed by atoms with Crippen LogP contribution in [0.2, 0.25) is 0 Å². The number of amides is 1. The van der Waals surface area contributed by atoms with Crippen molar-refractivity contribution in [3.63, 3.8) is 0 Å². The first-order chi connectivity index (χ1) is 22.4. The van der Waals surface area contributed by atoms with Gasteiger partial charge in [-0.15, -0.1) is 5.10 Å². The van der Waals surface area contributed by atoms with E-state index in [1.54, 1.807) is 42.0 Å². The quantitative estimate of drug-likeness (QED) is 0.143. The van der Waals surface area contributed by atoms with Crippen LogP contribution in [0.4, 0.5) is 0 Å². The Kier molecular flexibility index (Phi) is 10.7. The summed E-state index contributed by atoms with van der Waals surface area (Å²) in [6, 6.07) is 23.0. The molecule has 46 heavy (non-hydrogen) atoms. The van der Waals surface area contributed by atoms with Crippen LogP contribution in [-0.2, 0) is 34.5 Å². The lowest BCUT2D eigenvalue weighted by Gasteiger charge is -2.28. The molecule has 10 heteroatoms. The highest BCUT2D eigenvalue weighted by atomic mass is 16.5. The number of methoxy groups -OCH3 is 3. The lowest BCUT2D eigenvalue weighted by molar-refractivity contribution is -0.147. The number of aromatic nitrogens is 3. The largest absolute Gasteiger partial charge is 0.497 e. The lowest BCUT2D eigenvalue weighted by atomic mass is 9.87. The molecule has 240 valence electrons. The standard InChI is InChI=1S/C36H40N4O6/c1-39-32(35(37-38-39)26-14-17-29(18-15-26)46-31-12-8-11-27(21-31)36(42)45-4)24-40(34(41)20-13-25-9-6-5-7-10-25)23-28-16-19-30(43-2)22-33(28)44-3/h5-7,9-10,13-20,22,27,31H,8,11-12,21,23-24H2,1-4H3/b20-13+/t27-,31-/m0/s1. The van der Waals surface area contributed by atoms with Crippen molar-refractivity contribution in [3.8, 4) is 28.5 Å². The molecule has 1 aromatic heterocycles. The summed E-state index contributed by atoms with van der Waals surface area (Å²) in [4.78, 5) is 27.5. The third-order valence-electron chi connectivity index (χ3n) is 8.26. The summed E-state index contributed by atoms with van der Waals surface area (Å²) in [5.41, 5.74) is 4.05. The van der Waals surface area contributed by atoms with Gasteiger partial charge in [0.15, 0.2) is 0 Å². The van der Waals surface area contributed by atoms with Crippen LogP contribution in [0, 0.1) is 5.92 Å². The van der Waals surface area contributed by atoms with Gasteiger partial charge in [-0.2, -0.15) is 0 Å². The van der Waals surface area contributed by atoms with E-state index in [0.29, 0.717) is 23.6 Å². The summed E-state index contributed by atoms with van der Waals surface area (Å²) in [5, 5.41) is 8.77. The Labute approximate surface area is 269 Å². The summed E-state index contributed by atoms with van der Waals surface area (Å²) in [6.45, 7) is 0.539. The fraction of sp³-hybridized carbons (Fsp3) is 0.333. The topological polar surface area (TPSA) is 105 Å². The van der Waals surface area contributed by atoms with Gasteiger partial charge in [-0.1, -0.05) is 35.5 Å². The number of hydrogen-bond acceptors (Lipinski definition) is 8. The molecule has 1 aliphatic carbocycles. The van der Waals surface area contributed by atoms with Crippen LogP contribution >= 0.6 is 0 Å². The Balaban J connectivity index is 1.37. The highest BCUT2D eigenvalue weighted by Gasteiger charge is 2.29. The predicted octanol–water partition coefficient (Wildman–Crippen LogP) is 5.85. The molecule has 0 bridgehead atoms. The number of carbonyl (C=O) groups is 2. The monoisotopic (exact) mass is 624 g/mol. The van der Waals surface area contributed by atoms with Gasteiger partial charge in [0.05, 0.1) is 52.1 Å². The molecular formula is C36H40N4O6. The fourth-order valence-corrected chi connectivity index (χ4v) is 5.71. The van der Waals surface area contributed by atoms with Crippen molar-refractivity contribution in [2.45, 2.75) is 44.9 Å². The molecule has 5 rings (SSSR count). The van der Waals surface area contributed by atoms with Crippen molar-refractivity contribution in [1.29, 1.82) is 0 Å². The number of carbonyl (C=O) groups excluding carboxylic acids is 2. The summed E-state index contributed by atoms with van der Waals surface area (Å²) < 4.78 is 23.9. The summed E-state index contributed by atoms with van der Waals surface area (Å²) >= 11 is 0. The molecule has 0 saturated heterocycles. The number of benzene rings is 3. The molecular weight excluding hydrogens is 584 g/mol. The molecule has 0 radical (unpaired) electrons. The first-order valence-corrected chi connectivity index (χ1v) is 15.3. The number of ether oxygens (including phenoxy) is 4. The zero-order valence-corrected chi connectivity index (χ0v) is 26.7. The zero-order valence-electron chi connectivity index (χ0n) is 26.7. The van der Waals surface area contributed by atoms with E-state index >= 15 is 0 Å². The number of aryl methyl sites for hydroxylation is 1. The SMILES string of the molecule is COC(=O)[C@H]1CCC[C@H](Oc2ccc(-c3nnn(C)c3CN(Cc3ccc(OC)cc3OC)C(=O)/C=C/c3ccccc3)cc2)C1. The van der Waals surface area contributed by atoms with E-state index < -0.39 is 0 Å². The smallest absolute Gasteiger partial charge is 0.308 e. The maximum Gasteiger partial charge on any atom is 0.308 e. The lowest BCUT2D eigenvalue weighted by Crippen LogP contribution is -2.30. The van der Waals surface area contributed by atoms with Gasteiger partial charge in [0.2, 0.25) is 5.91 Å². The van der Waals surface area contributed by atoms with E-state index in [1.165, 1.54) is 7.11 Å². The molecule has 1 fully saturated rings. The number of esters is 1. The van der Waals surface area contributed by atoms with E-state index in [-0.39, 0.29) is 37.0 Å². The number of nitrogens with zero attached hydrogens (tertiary/aromatic N) is 4. The molecule has 1 aliphatic rings. The van der Waals surface area contributed by atoms with E-state index in [2.05, 4.69) is 10.3 Å². The zero-order chi connectivity index (χ0) is 32.5. The summed E-state index contributed by atoms with van der Waals surface area (Å²) in [5.74, 6) is 1.54. The van der Waals surface area contributed by atoms with Crippen LogP contribution in [0.3, 0.4) is 0 Å². The molecule has 4 aromatic rings. The second kappa shape index (κ2) is 15.2. The summed E-state index contributed by atoms with van der Waals surface area (Å²) in [7, 11) is 6.45. The molecule has 0 aliphatic heterocycles. The Morgan fingerprint density at radius 3 is 2.41 bits per heavy atom. The van der Waals surface area contributed by atoms with Crippen molar-refractivity contribution >= 4 is 18.0 Å². The number of hydrogen-bond donors (Lipinski definition) is 0. The second-order valence-electron chi connectivity index (χ2n) is 11.3. The summed E-state index contributed by atoms with van der Waals surface area (Å²) in [6.07, 6.45) is 6.62. The third kappa shape index (κ3) is 7.93. The molecule has 0 spiro atoms. The molecule has 0 unspecified atom stereocenters. The van der Waals surface area contributed by atoms with Crippen LogP contribution in [0.15, 0.2) is 78.9 Å². The number of rotatable bonds is 12. The Morgan fingerprint density at radius 2 is 1.70 bits per heavy atom. The van der Waals surface area contributed by atoms with Crippen molar-refractivity contribution < 1.29 is 28.5 Å². The first-order valence-electron chi connectivity index (χ1n) is 15.3. The average Bonchev–Trinajstić information content (AvgIpc) is 3.46. The molecule has 3 aromatic carbocycles. The van der Waals surface area contributed by atoms with Crippen LogP contribution in [0.1, 0.15) is 42.5 Å². The van der Waals surface area contributed by atoms with Gasteiger partial charge < -0.3 is 23.8 Å². The van der Waals surface area contributed by atoms with E-state index in [1.807, 2.05) is 73.8 Å². The first kappa shape index (κ1) is 32.3. The van der Waals surface area contributed by atoms with Crippen molar-refractivity contribution in [3.05, 3.63) is 95.7 Å². The normalized spacial score (nSPS) is 16.2. The van der Waals surface area contributed by atoms with Crippen LogP contribution < -0.4 is 14.2 Å². The van der Waals surface area contributed by atoms with Crippen LogP contribution in [0.5, 0.6) is 17.2 Å². The second-order valence-corrected chi connectivity index (χ2v) is 11.3. The van der Waals surface area contributed by atoms with Gasteiger partial charge >= 0.3 is 5.97 Å². The van der Waals surface area contributed by atoms with Gasteiger partial charge in [0.25, 0.3) is 0 Å². The molecule has 1 heterocycles. The fourth-order valence-electron chi connectivity index (χ4n) is 5.71. The van der Waals surface area contributed by atoms with Gasteiger partial charge in [-0.05, 0) is 73.7 Å². The Hall–Kier alpha value is -5.12. The highest BCUT2D eigenvalue weighted by molar-refractivity contribution is 5.91. The molecule has 1 amide bonds. The molecule has 2 atom stereocenters. The van der Waals surface area contributed by atoms with Crippen LogP contribution in [0.25, 0.3) is 17.3 Å². The van der Waals surface area contributed by atoms with Gasteiger partial charge in [-0.25, -0.2) is 4.68 Å². The third-order valence-corrected chi connectivity index (χ3v) is 8.26. The highest BCUT2D eigenvalue weighted by Crippen LogP contribution is 2.31. The molecule has 10 nitrogen and oxygen atoms in total. The maximum atomic E-state index is 13.7. The predicted molar refractivity (Wildman–Crippen MR) is 174 cm³/mol. The minimum absolute atomic E-state index is 0.0470. The van der Waals surface area contributed by atoms with Gasteiger partial charge in [0.1, 0.15) is 22.9 Å². The van der Waals surface area contributed by atoms with Crippen molar-refractivity contribution in [2.24, 2.45) is 13.0 Å². The Morgan fingerprint density at radius 1 is 0.935 bits per heavy atom. The molecule has 1 saturated carbocycles. The maximum absolute atomic E-state index is 13.7. The average molecular weight is 625 g/mol. The van der Waals surface area contributed by atoms with Gasteiger partial charge in [0, 0.05) is 30.3 Å². The van der Waals surface area contributed by atoms with E-state index in [0.717, 1.165) is 47.4 Å². The molecule has 0 N–H and O–H groups in total. The van der Waals surface area contributed by atoms with E-state index in [9.17, 15) is 9.59 Å². The Bertz CT molecular complexity index is 1650. The minimum atomic E-state index is -0.174. The van der Waals surface area contributed by atoms with Crippen molar-refractivity contribution in [2.75, 3.05) is 21.3 Å². The van der Waals surface area contributed by atoms with Gasteiger partial charge in [-0.3, -0.25) is 9.59 Å². The van der Waals surface area contributed by atoms with Crippen molar-refractivity contribution in [1.82, 2.24) is 19.9 Å².